The summed E-state index contributed by atoms with van der Waals surface area (Å²) in [6.07, 6.45) is -0.00452. The van der Waals surface area contributed by atoms with E-state index in [0.29, 0.717) is 42.7 Å². The second-order valence-electron chi connectivity index (χ2n) is 7.41. The molecule has 0 aromatic carbocycles. The summed E-state index contributed by atoms with van der Waals surface area (Å²) < 4.78 is 12.8. The van der Waals surface area contributed by atoms with Gasteiger partial charge in [0.15, 0.2) is 23.2 Å². The Morgan fingerprint density at radius 2 is 2.14 bits per heavy atom. The van der Waals surface area contributed by atoms with Crippen molar-refractivity contribution in [1.82, 2.24) is 19.5 Å². The number of nitrogens with one attached hydrogen (secondary N) is 2. The number of fused-ring (bicyclic) bond motifs is 1. The molecule has 2 aliphatic heterocycles. The average Bonchev–Trinajstić information content (AvgIpc) is 3.42. The maximum atomic E-state index is 10.5. The Labute approximate surface area is 168 Å². The minimum Gasteiger partial charge on any atom is -0.394 e. The molecule has 11 nitrogen and oxygen atoms in total. The van der Waals surface area contributed by atoms with Gasteiger partial charge >= 0.3 is 0 Å². The van der Waals surface area contributed by atoms with Crippen LogP contribution in [0, 0.1) is 0 Å². The van der Waals surface area contributed by atoms with Crippen LogP contribution in [0.5, 0.6) is 0 Å². The predicted octanol–water partition coefficient (Wildman–Crippen LogP) is -0.149. The lowest BCUT2D eigenvalue weighted by Gasteiger charge is -2.19. The lowest BCUT2D eigenvalue weighted by atomic mass is 10.1. The SMILES string of the molecule is CCCCNc1nc2c(N[C@@H]3CCOC3)ncnc2n1[C@@H]1O[C@H](CO)[C@@H](O)[C@H]1O. The van der Waals surface area contributed by atoms with Crippen molar-refractivity contribution in [3.05, 3.63) is 6.33 Å². The molecule has 2 aliphatic rings. The Balaban J connectivity index is 1.73. The molecule has 2 fully saturated rings. The number of anilines is 2. The van der Waals surface area contributed by atoms with Gasteiger partial charge in [-0.25, -0.2) is 15.0 Å². The third kappa shape index (κ3) is 3.88. The molecule has 0 spiro atoms. The minimum atomic E-state index is -1.23. The van der Waals surface area contributed by atoms with Crippen molar-refractivity contribution in [3.63, 3.8) is 0 Å². The van der Waals surface area contributed by atoms with Gasteiger partial charge in [-0.15, -0.1) is 0 Å². The number of ether oxygens (including phenoxy) is 2. The van der Waals surface area contributed by atoms with E-state index in [-0.39, 0.29) is 6.04 Å². The molecule has 0 unspecified atom stereocenters. The summed E-state index contributed by atoms with van der Waals surface area (Å²) in [5.74, 6) is 1.05. The van der Waals surface area contributed by atoms with Crippen LogP contribution in [0.1, 0.15) is 32.4 Å². The van der Waals surface area contributed by atoms with Crippen LogP contribution < -0.4 is 10.6 Å². The fourth-order valence-corrected chi connectivity index (χ4v) is 3.69. The Bertz CT molecular complexity index is 826. The van der Waals surface area contributed by atoms with Crippen molar-refractivity contribution in [1.29, 1.82) is 0 Å². The molecule has 0 bridgehead atoms. The highest BCUT2D eigenvalue weighted by atomic mass is 16.6. The van der Waals surface area contributed by atoms with Crippen LogP contribution in [0.4, 0.5) is 11.8 Å². The van der Waals surface area contributed by atoms with Crippen LogP contribution in [0.2, 0.25) is 0 Å². The van der Waals surface area contributed by atoms with E-state index in [2.05, 4.69) is 32.5 Å². The molecule has 11 heteroatoms. The summed E-state index contributed by atoms with van der Waals surface area (Å²) in [7, 11) is 0. The van der Waals surface area contributed by atoms with Gasteiger partial charge in [0, 0.05) is 13.2 Å². The van der Waals surface area contributed by atoms with E-state index in [0.717, 1.165) is 19.3 Å². The number of aliphatic hydroxyl groups excluding tert-OH is 3. The highest BCUT2D eigenvalue weighted by molar-refractivity contribution is 5.85. The number of unbranched alkanes of at least 4 members (excludes halogenated alkanes) is 1. The van der Waals surface area contributed by atoms with E-state index in [1.807, 2.05) is 0 Å². The lowest BCUT2D eigenvalue weighted by Crippen LogP contribution is -2.33. The van der Waals surface area contributed by atoms with Crippen LogP contribution in [0.25, 0.3) is 11.2 Å². The third-order valence-corrected chi connectivity index (χ3v) is 5.33. The second kappa shape index (κ2) is 8.76. The Kier molecular flexibility index (Phi) is 6.11. The maximum Gasteiger partial charge on any atom is 0.207 e. The van der Waals surface area contributed by atoms with Gasteiger partial charge in [-0.1, -0.05) is 13.3 Å². The summed E-state index contributed by atoms with van der Waals surface area (Å²) >= 11 is 0. The van der Waals surface area contributed by atoms with Crippen LogP contribution >= 0.6 is 0 Å². The van der Waals surface area contributed by atoms with Crippen LogP contribution in [0.3, 0.4) is 0 Å². The highest BCUT2D eigenvalue weighted by Gasteiger charge is 2.45. The molecule has 160 valence electrons. The number of aromatic nitrogens is 4. The normalized spacial score (nSPS) is 29.6. The van der Waals surface area contributed by atoms with Gasteiger partial charge in [-0.2, -0.15) is 0 Å². The minimum absolute atomic E-state index is 0.142. The van der Waals surface area contributed by atoms with Gasteiger partial charge in [0.1, 0.15) is 24.6 Å². The molecule has 2 saturated heterocycles. The first kappa shape index (κ1) is 20.2. The third-order valence-electron chi connectivity index (χ3n) is 5.33. The summed E-state index contributed by atoms with van der Waals surface area (Å²) in [6.45, 7) is 3.67. The van der Waals surface area contributed by atoms with Crippen molar-refractivity contribution in [3.8, 4) is 0 Å². The Hall–Kier alpha value is -2.05. The number of imidazole rings is 1. The molecule has 0 aliphatic carbocycles. The summed E-state index contributed by atoms with van der Waals surface area (Å²) in [6, 6.07) is 0.142. The van der Waals surface area contributed by atoms with Crippen molar-refractivity contribution in [2.24, 2.45) is 0 Å². The molecule has 0 amide bonds. The smallest absolute Gasteiger partial charge is 0.207 e. The van der Waals surface area contributed by atoms with Crippen molar-refractivity contribution in [2.45, 2.75) is 56.8 Å². The van der Waals surface area contributed by atoms with Crippen molar-refractivity contribution in [2.75, 3.05) is 37.0 Å². The van der Waals surface area contributed by atoms with Crippen molar-refractivity contribution < 1.29 is 24.8 Å². The Morgan fingerprint density at radius 1 is 1.28 bits per heavy atom. The molecule has 5 N–H and O–H groups in total. The van der Waals surface area contributed by atoms with Crippen LogP contribution in [0.15, 0.2) is 6.33 Å². The van der Waals surface area contributed by atoms with Gasteiger partial charge in [0.2, 0.25) is 5.95 Å². The van der Waals surface area contributed by atoms with Gasteiger partial charge in [0.05, 0.1) is 19.3 Å². The number of aliphatic hydroxyl groups is 3. The molecular weight excluding hydrogens is 380 g/mol. The Morgan fingerprint density at radius 3 is 2.83 bits per heavy atom. The zero-order valence-electron chi connectivity index (χ0n) is 16.4. The number of rotatable bonds is 8. The second-order valence-corrected chi connectivity index (χ2v) is 7.41. The molecule has 2 aromatic heterocycles. The molecular formula is C18H28N6O5. The molecule has 0 saturated carbocycles. The molecule has 4 heterocycles. The maximum absolute atomic E-state index is 10.5. The van der Waals surface area contributed by atoms with Crippen molar-refractivity contribution >= 4 is 22.9 Å². The van der Waals surface area contributed by atoms with Crippen LogP contribution in [-0.2, 0) is 9.47 Å². The van der Waals surface area contributed by atoms with Gasteiger partial charge in [-0.3, -0.25) is 4.57 Å². The molecule has 2 aromatic rings. The first-order valence-electron chi connectivity index (χ1n) is 10.1. The highest BCUT2D eigenvalue weighted by Crippen LogP contribution is 2.35. The monoisotopic (exact) mass is 408 g/mol. The molecule has 0 radical (unpaired) electrons. The zero-order valence-corrected chi connectivity index (χ0v) is 16.4. The molecule has 29 heavy (non-hydrogen) atoms. The largest absolute Gasteiger partial charge is 0.394 e. The standard InChI is InChI=1S/C18H28N6O5/c1-2-3-5-19-18-23-12-15(22-10-4-6-28-8-10)20-9-21-16(12)24(18)17-14(27)13(26)11(7-25)29-17/h9-11,13-14,17,25-27H,2-8H2,1H3,(H,19,23)(H,20,21,22)/t10-,11-,13-,14-,17-/m1/s1. The number of hydrogen-bond donors (Lipinski definition) is 5. The topological polar surface area (TPSA) is 147 Å². The fraction of sp³-hybridized carbons (Fsp3) is 0.722. The number of nitrogens with zero attached hydrogens (tertiary/aromatic N) is 4. The van der Waals surface area contributed by atoms with Gasteiger partial charge in [-0.05, 0) is 12.8 Å². The fourth-order valence-electron chi connectivity index (χ4n) is 3.69. The van der Waals surface area contributed by atoms with Gasteiger partial charge < -0.3 is 35.4 Å². The van der Waals surface area contributed by atoms with E-state index in [4.69, 9.17) is 9.47 Å². The summed E-state index contributed by atoms with van der Waals surface area (Å²) in [4.78, 5) is 13.4. The quantitative estimate of drug-likeness (QED) is 0.374. The van der Waals surface area contributed by atoms with Gasteiger partial charge in [0.25, 0.3) is 0 Å². The van der Waals surface area contributed by atoms with E-state index in [1.165, 1.54) is 6.33 Å². The predicted molar refractivity (Wildman–Crippen MR) is 105 cm³/mol. The lowest BCUT2D eigenvalue weighted by molar-refractivity contribution is -0.0501. The van der Waals surface area contributed by atoms with Crippen LogP contribution in [-0.4, -0.2) is 85.6 Å². The molecule has 5 atom stereocenters. The van der Waals surface area contributed by atoms with E-state index < -0.39 is 31.1 Å². The first-order chi connectivity index (χ1) is 14.1. The van der Waals surface area contributed by atoms with E-state index in [1.54, 1.807) is 4.57 Å². The number of hydrogen-bond acceptors (Lipinski definition) is 10. The first-order valence-corrected chi connectivity index (χ1v) is 10.1. The zero-order chi connectivity index (χ0) is 20.4. The van der Waals surface area contributed by atoms with E-state index >= 15 is 0 Å². The summed E-state index contributed by atoms with van der Waals surface area (Å²) in [5, 5.41) is 36.8. The van der Waals surface area contributed by atoms with E-state index in [9.17, 15) is 15.3 Å². The average molecular weight is 408 g/mol. The summed E-state index contributed by atoms with van der Waals surface area (Å²) in [5.41, 5.74) is 1.01. The molecule has 4 rings (SSSR count).